The third-order valence-electron chi connectivity index (χ3n) is 3.78. The molecule has 3 N–H and O–H groups in total. The lowest BCUT2D eigenvalue weighted by Gasteiger charge is -2.25. The highest BCUT2D eigenvalue weighted by Crippen LogP contribution is 2.40. The van der Waals surface area contributed by atoms with Crippen LogP contribution in [0.2, 0.25) is 0 Å². The second-order valence-corrected chi connectivity index (χ2v) is 4.90. The maximum absolute atomic E-state index is 9.82. The molecule has 1 aromatic carbocycles. The Bertz CT molecular complexity index is 559. The number of hydrogen-bond donors (Lipinski definition) is 2. The van der Waals surface area contributed by atoms with Crippen LogP contribution in [-0.2, 0) is 5.54 Å². The van der Waals surface area contributed by atoms with Crippen LogP contribution in [0.15, 0.2) is 30.5 Å². The van der Waals surface area contributed by atoms with Crippen molar-refractivity contribution < 1.29 is 5.11 Å². The number of aromatic hydroxyl groups is 1. The minimum absolute atomic E-state index is 0.228. The molecule has 1 saturated carbocycles. The number of fused-ring (bicyclic) bond motifs is 1. The number of phenols is 1. The quantitative estimate of drug-likeness (QED) is 0.789. The van der Waals surface area contributed by atoms with Gasteiger partial charge in [0.05, 0.1) is 0 Å². The zero-order chi connectivity index (χ0) is 11.9. The van der Waals surface area contributed by atoms with E-state index in [1.165, 1.54) is 12.8 Å². The van der Waals surface area contributed by atoms with E-state index in [0.29, 0.717) is 5.52 Å². The van der Waals surface area contributed by atoms with Crippen molar-refractivity contribution >= 4 is 10.9 Å². The summed E-state index contributed by atoms with van der Waals surface area (Å²) in [5.41, 5.74) is 8.02. The van der Waals surface area contributed by atoms with Crippen LogP contribution >= 0.6 is 0 Å². The molecule has 2 aromatic rings. The molecule has 0 spiro atoms. The van der Waals surface area contributed by atoms with Crippen molar-refractivity contribution in [3.05, 3.63) is 36.0 Å². The number of rotatable bonds is 1. The summed E-state index contributed by atoms with van der Waals surface area (Å²) in [5.74, 6) is 0.228. The highest BCUT2D eigenvalue weighted by Gasteiger charge is 2.32. The molecular formula is C14H16N2O. The van der Waals surface area contributed by atoms with Gasteiger partial charge in [0.2, 0.25) is 0 Å². The van der Waals surface area contributed by atoms with E-state index in [2.05, 4.69) is 4.98 Å². The number of hydrogen-bond acceptors (Lipinski definition) is 3. The van der Waals surface area contributed by atoms with Crippen LogP contribution in [0.5, 0.6) is 5.75 Å². The first-order chi connectivity index (χ1) is 8.21. The predicted octanol–water partition coefficient (Wildman–Crippen LogP) is 2.67. The molecule has 3 rings (SSSR count). The maximum atomic E-state index is 9.82. The SMILES string of the molecule is NC1(c2ccc(O)c3ncccc23)CCCC1. The molecule has 0 atom stereocenters. The number of phenolic OH excluding ortho intramolecular Hbond substituents is 1. The molecule has 3 nitrogen and oxygen atoms in total. The van der Waals surface area contributed by atoms with Gasteiger partial charge in [-0.15, -0.1) is 0 Å². The third kappa shape index (κ3) is 1.58. The van der Waals surface area contributed by atoms with Gasteiger partial charge < -0.3 is 10.8 Å². The van der Waals surface area contributed by atoms with Crippen LogP contribution < -0.4 is 5.73 Å². The lowest BCUT2D eigenvalue weighted by molar-refractivity contribution is 0.461. The van der Waals surface area contributed by atoms with Crippen LogP contribution in [0.4, 0.5) is 0 Å². The van der Waals surface area contributed by atoms with Crippen LogP contribution in [0.25, 0.3) is 10.9 Å². The largest absolute Gasteiger partial charge is 0.506 e. The van der Waals surface area contributed by atoms with Gasteiger partial charge in [0.1, 0.15) is 11.3 Å². The number of nitrogens with two attached hydrogens (primary N) is 1. The van der Waals surface area contributed by atoms with Crippen LogP contribution in [0, 0.1) is 0 Å². The van der Waals surface area contributed by atoms with E-state index in [9.17, 15) is 5.11 Å². The highest BCUT2D eigenvalue weighted by molar-refractivity contribution is 5.88. The highest BCUT2D eigenvalue weighted by atomic mass is 16.3. The average Bonchev–Trinajstić information content (AvgIpc) is 2.78. The van der Waals surface area contributed by atoms with Crippen molar-refractivity contribution in [3.63, 3.8) is 0 Å². The molecule has 17 heavy (non-hydrogen) atoms. The standard InChI is InChI=1S/C14H16N2O/c15-14(7-1-2-8-14)11-5-6-12(17)13-10(11)4-3-9-16-13/h3-6,9,17H,1-2,7-8,15H2. The fourth-order valence-electron chi connectivity index (χ4n) is 2.87. The van der Waals surface area contributed by atoms with E-state index in [4.69, 9.17) is 5.73 Å². The Balaban J connectivity index is 2.27. The molecule has 3 heteroatoms. The minimum atomic E-state index is -0.241. The average molecular weight is 228 g/mol. The Morgan fingerprint density at radius 2 is 1.94 bits per heavy atom. The summed E-state index contributed by atoms with van der Waals surface area (Å²) in [7, 11) is 0. The Labute approximate surface area is 100 Å². The van der Waals surface area contributed by atoms with Crippen LogP contribution in [0.1, 0.15) is 31.2 Å². The molecule has 0 amide bonds. The van der Waals surface area contributed by atoms with Gasteiger partial charge in [0.15, 0.2) is 0 Å². The van der Waals surface area contributed by atoms with E-state index < -0.39 is 0 Å². The van der Waals surface area contributed by atoms with Crippen molar-refractivity contribution in [3.8, 4) is 5.75 Å². The zero-order valence-corrected chi connectivity index (χ0v) is 9.69. The minimum Gasteiger partial charge on any atom is -0.506 e. The summed E-state index contributed by atoms with van der Waals surface area (Å²) >= 11 is 0. The van der Waals surface area contributed by atoms with Gasteiger partial charge in [0, 0.05) is 17.1 Å². The smallest absolute Gasteiger partial charge is 0.141 e. The first-order valence-corrected chi connectivity index (χ1v) is 6.07. The first kappa shape index (κ1) is 10.5. The molecule has 1 aliphatic carbocycles. The van der Waals surface area contributed by atoms with Gasteiger partial charge in [-0.25, -0.2) is 0 Å². The summed E-state index contributed by atoms with van der Waals surface area (Å²) in [6.07, 6.45) is 6.09. The molecule has 0 aliphatic heterocycles. The lowest BCUT2D eigenvalue weighted by atomic mass is 9.86. The fraction of sp³-hybridized carbons (Fsp3) is 0.357. The van der Waals surface area contributed by atoms with E-state index >= 15 is 0 Å². The van der Waals surface area contributed by atoms with Crippen molar-refractivity contribution in [2.75, 3.05) is 0 Å². The van der Waals surface area contributed by atoms with Crippen molar-refractivity contribution in [1.29, 1.82) is 0 Å². The molecule has 0 bridgehead atoms. The lowest BCUT2D eigenvalue weighted by Crippen LogP contribution is -2.33. The van der Waals surface area contributed by atoms with Crippen molar-refractivity contribution in [2.24, 2.45) is 5.73 Å². The molecule has 1 aromatic heterocycles. The van der Waals surface area contributed by atoms with Gasteiger partial charge >= 0.3 is 0 Å². The number of pyridine rings is 1. The molecule has 88 valence electrons. The van der Waals surface area contributed by atoms with Gasteiger partial charge in [-0.2, -0.15) is 0 Å². The zero-order valence-electron chi connectivity index (χ0n) is 9.69. The van der Waals surface area contributed by atoms with Gasteiger partial charge in [-0.3, -0.25) is 4.98 Å². The Hall–Kier alpha value is -1.61. The summed E-state index contributed by atoms with van der Waals surface area (Å²) in [4.78, 5) is 4.24. The fourth-order valence-corrected chi connectivity index (χ4v) is 2.87. The maximum Gasteiger partial charge on any atom is 0.141 e. The molecule has 1 heterocycles. The molecule has 1 fully saturated rings. The van der Waals surface area contributed by atoms with E-state index in [1.807, 2.05) is 18.2 Å². The summed E-state index contributed by atoms with van der Waals surface area (Å²) in [6, 6.07) is 7.54. The Morgan fingerprint density at radius 3 is 2.71 bits per heavy atom. The Morgan fingerprint density at radius 1 is 1.18 bits per heavy atom. The summed E-state index contributed by atoms with van der Waals surface area (Å²) in [5, 5.41) is 10.8. The number of benzene rings is 1. The topological polar surface area (TPSA) is 59.1 Å². The van der Waals surface area contributed by atoms with Crippen molar-refractivity contribution in [1.82, 2.24) is 4.98 Å². The third-order valence-corrected chi connectivity index (χ3v) is 3.78. The van der Waals surface area contributed by atoms with Crippen molar-refractivity contribution in [2.45, 2.75) is 31.2 Å². The predicted molar refractivity (Wildman–Crippen MR) is 67.7 cm³/mol. The van der Waals surface area contributed by atoms with E-state index in [1.54, 1.807) is 12.3 Å². The molecular weight excluding hydrogens is 212 g/mol. The molecule has 0 unspecified atom stereocenters. The summed E-state index contributed by atoms with van der Waals surface area (Å²) in [6.45, 7) is 0. The normalized spacial score (nSPS) is 18.6. The van der Waals surface area contributed by atoms with Crippen LogP contribution in [0.3, 0.4) is 0 Å². The molecule has 0 radical (unpaired) electrons. The van der Waals surface area contributed by atoms with Gasteiger partial charge in [-0.05, 0) is 30.5 Å². The monoisotopic (exact) mass is 228 g/mol. The van der Waals surface area contributed by atoms with E-state index in [-0.39, 0.29) is 11.3 Å². The second kappa shape index (κ2) is 3.70. The second-order valence-electron chi connectivity index (χ2n) is 4.90. The Kier molecular flexibility index (Phi) is 2.30. The first-order valence-electron chi connectivity index (χ1n) is 6.07. The molecule has 0 saturated heterocycles. The number of nitrogens with zero attached hydrogens (tertiary/aromatic N) is 1. The summed E-state index contributed by atoms with van der Waals surface area (Å²) < 4.78 is 0. The van der Waals surface area contributed by atoms with E-state index in [0.717, 1.165) is 23.8 Å². The van der Waals surface area contributed by atoms with Gasteiger partial charge in [0.25, 0.3) is 0 Å². The number of aromatic nitrogens is 1. The van der Waals surface area contributed by atoms with Crippen LogP contribution in [-0.4, -0.2) is 10.1 Å². The molecule has 1 aliphatic rings. The van der Waals surface area contributed by atoms with Gasteiger partial charge in [-0.1, -0.05) is 25.0 Å².